The van der Waals surface area contributed by atoms with Crippen LogP contribution in [0.1, 0.15) is 27.7 Å². The molecule has 0 aliphatic carbocycles. The highest BCUT2D eigenvalue weighted by Gasteiger charge is 2.06. The third-order valence-electron chi connectivity index (χ3n) is 4.53. The van der Waals surface area contributed by atoms with E-state index in [2.05, 4.69) is 5.16 Å². The van der Waals surface area contributed by atoms with Crippen LogP contribution in [0.4, 0.5) is 0 Å². The lowest BCUT2D eigenvalue weighted by atomic mass is 10.0. The van der Waals surface area contributed by atoms with Gasteiger partial charge in [-0.3, -0.25) is 4.79 Å². The van der Waals surface area contributed by atoms with Crippen LogP contribution in [0.25, 0.3) is 16.8 Å². The molecule has 4 rings (SSSR count). The number of hydrogen-bond donors (Lipinski definition) is 0. The zero-order valence-electron chi connectivity index (χ0n) is 15.9. The van der Waals surface area contributed by atoms with Gasteiger partial charge < -0.3 is 4.84 Å². The molecule has 4 aromatic rings. The fourth-order valence-electron chi connectivity index (χ4n) is 2.99. The molecular formula is C25H19NO2S. The Balaban J connectivity index is 1.45. The standard InChI is InChI=1S/C25H19NO2S/c1-18(25-10-5-17-29-25)26-28-21-14-11-19(12-15-21)13-16-24(27)23-9-4-7-20-6-2-3-8-22(20)23/h2-17H,1H3/b16-13+,26-18+. The molecule has 1 aromatic heterocycles. The summed E-state index contributed by atoms with van der Waals surface area (Å²) in [5.41, 5.74) is 2.47. The summed E-state index contributed by atoms with van der Waals surface area (Å²) in [7, 11) is 0. The molecule has 0 saturated carbocycles. The van der Waals surface area contributed by atoms with Crippen molar-refractivity contribution in [3.05, 3.63) is 106 Å². The summed E-state index contributed by atoms with van der Waals surface area (Å²) in [5.74, 6) is 0.636. The van der Waals surface area contributed by atoms with Crippen LogP contribution in [0.5, 0.6) is 5.75 Å². The van der Waals surface area contributed by atoms with Crippen molar-refractivity contribution in [3.8, 4) is 5.75 Å². The zero-order valence-corrected chi connectivity index (χ0v) is 16.7. The molecule has 0 unspecified atom stereocenters. The Morgan fingerprint density at radius 2 is 1.72 bits per heavy atom. The number of carbonyl (C=O) groups is 1. The number of allylic oxidation sites excluding steroid dienone is 1. The highest BCUT2D eigenvalue weighted by molar-refractivity contribution is 7.12. The van der Waals surface area contributed by atoms with Gasteiger partial charge >= 0.3 is 0 Å². The number of benzene rings is 3. The van der Waals surface area contributed by atoms with Crippen LogP contribution in [0.15, 0.2) is 95.5 Å². The first-order chi connectivity index (χ1) is 14.2. The number of fused-ring (bicyclic) bond motifs is 1. The Kier molecular flexibility index (Phi) is 5.63. The predicted molar refractivity (Wildman–Crippen MR) is 121 cm³/mol. The van der Waals surface area contributed by atoms with Gasteiger partial charge in [-0.15, -0.1) is 11.3 Å². The summed E-state index contributed by atoms with van der Waals surface area (Å²) >= 11 is 1.62. The lowest BCUT2D eigenvalue weighted by Gasteiger charge is -2.03. The van der Waals surface area contributed by atoms with Gasteiger partial charge in [0, 0.05) is 5.56 Å². The highest BCUT2D eigenvalue weighted by atomic mass is 32.1. The Morgan fingerprint density at radius 1 is 0.931 bits per heavy atom. The molecule has 0 amide bonds. The van der Waals surface area contributed by atoms with Crippen LogP contribution in [0, 0.1) is 0 Å². The Bertz CT molecular complexity index is 1180. The van der Waals surface area contributed by atoms with Gasteiger partial charge in [-0.05, 0) is 52.9 Å². The summed E-state index contributed by atoms with van der Waals surface area (Å²) in [4.78, 5) is 19.2. The number of ketones is 1. The monoisotopic (exact) mass is 397 g/mol. The van der Waals surface area contributed by atoms with Gasteiger partial charge in [-0.25, -0.2) is 0 Å². The zero-order chi connectivity index (χ0) is 20.1. The van der Waals surface area contributed by atoms with Crippen LogP contribution in [0.3, 0.4) is 0 Å². The summed E-state index contributed by atoms with van der Waals surface area (Å²) in [6, 6.07) is 25.2. The van der Waals surface area contributed by atoms with E-state index in [-0.39, 0.29) is 5.78 Å². The molecule has 0 bridgehead atoms. The molecule has 0 atom stereocenters. The second-order valence-corrected chi connectivity index (χ2v) is 7.49. The van der Waals surface area contributed by atoms with Crippen molar-refractivity contribution in [2.45, 2.75) is 6.92 Å². The van der Waals surface area contributed by atoms with Crippen molar-refractivity contribution in [1.82, 2.24) is 0 Å². The molecular weight excluding hydrogens is 378 g/mol. The lowest BCUT2D eigenvalue weighted by molar-refractivity contribution is 0.104. The van der Waals surface area contributed by atoms with Gasteiger partial charge in [0.1, 0.15) is 0 Å². The van der Waals surface area contributed by atoms with E-state index in [1.807, 2.05) is 97.2 Å². The smallest absolute Gasteiger partial charge is 0.186 e. The first kappa shape index (κ1) is 18.8. The van der Waals surface area contributed by atoms with Gasteiger partial charge in [0.2, 0.25) is 0 Å². The second-order valence-electron chi connectivity index (χ2n) is 6.54. The molecule has 0 aliphatic heterocycles. The van der Waals surface area contributed by atoms with Crippen LogP contribution >= 0.6 is 11.3 Å². The molecule has 29 heavy (non-hydrogen) atoms. The van der Waals surface area contributed by atoms with E-state index in [1.165, 1.54) is 0 Å². The third kappa shape index (κ3) is 4.50. The Labute approximate surface area is 173 Å². The first-order valence-corrected chi connectivity index (χ1v) is 10.1. The van der Waals surface area contributed by atoms with E-state index in [9.17, 15) is 4.79 Å². The minimum absolute atomic E-state index is 0.0155. The molecule has 0 fully saturated rings. The minimum atomic E-state index is -0.0155. The molecule has 0 spiro atoms. The van der Waals surface area contributed by atoms with E-state index >= 15 is 0 Å². The maximum atomic E-state index is 12.7. The van der Waals surface area contributed by atoms with E-state index < -0.39 is 0 Å². The van der Waals surface area contributed by atoms with E-state index in [1.54, 1.807) is 17.4 Å². The quantitative estimate of drug-likeness (QED) is 0.159. The van der Waals surface area contributed by atoms with Crippen molar-refractivity contribution in [1.29, 1.82) is 0 Å². The van der Waals surface area contributed by atoms with Crippen LogP contribution in [0.2, 0.25) is 0 Å². The van der Waals surface area contributed by atoms with E-state index in [0.717, 1.165) is 26.9 Å². The topological polar surface area (TPSA) is 38.7 Å². The van der Waals surface area contributed by atoms with E-state index in [4.69, 9.17) is 4.84 Å². The maximum absolute atomic E-state index is 12.7. The first-order valence-electron chi connectivity index (χ1n) is 9.26. The van der Waals surface area contributed by atoms with Crippen molar-refractivity contribution >= 4 is 39.7 Å². The lowest BCUT2D eigenvalue weighted by Crippen LogP contribution is -1.95. The molecule has 142 valence electrons. The SMILES string of the molecule is C/C(=N\Oc1ccc(/C=C/C(=O)c2cccc3ccccc23)cc1)c1cccs1. The highest BCUT2D eigenvalue weighted by Crippen LogP contribution is 2.20. The molecule has 0 radical (unpaired) electrons. The van der Waals surface area contributed by atoms with E-state index in [0.29, 0.717) is 11.3 Å². The molecule has 1 heterocycles. The van der Waals surface area contributed by atoms with Gasteiger partial charge in [0.05, 0.1) is 10.6 Å². The van der Waals surface area contributed by atoms with Crippen LogP contribution < -0.4 is 4.84 Å². The number of oxime groups is 1. The van der Waals surface area contributed by atoms with Crippen molar-refractivity contribution in [3.63, 3.8) is 0 Å². The average molecular weight is 397 g/mol. The van der Waals surface area contributed by atoms with Crippen LogP contribution in [-0.4, -0.2) is 11.5 Å². The normalized spacial score (nSPS) is 11.8. The molecule has 0 saturated heterocycles. The predicted octanol–water partition coefficient (Wildman–Crippen LogP) is 6.60. The number of rotatable bonds is 6. The number of hydrogen-bond acceptors (Lipinski definition) is 4. The largest absolute Gasteiger partial charge is 0.357 e. The third-order valence-corrected chi connectivity index (χ3v) is 5.51. The van der Waals surface area contributed by atoms with Gasteiger partial charge in [-0.1, -0.05) is 71.9 Å². The fourth-order valence-corrected chi connectivity index (χ4v) is 3.66. The second kappa shape index (κ2) is 8.67. The van der Waals surface area contributed by atoms with Crippen LogP contribution in [-0.2, 0) is 0 Å². The molecule has 3 aromatic carbocycles. The fraction of sp³-hybridized carbons (Fsp3) is 0.0400. The average Bonchev–Trinajstić information content (AvgIpc) is 3.31. The molecule has 0 aliphatic rings. The Morgan fingerprint density at radius 3 is 2.52 bits per heavy atom. The minimum Gasteiger partial charge on any atom is -0.357 e. The summed E-state index contributed by atoms with van der Waals surface area (Å²) in [5, 5.41) is 8.20. The Hall–Kier alpha value is -3.50. The maximum Gasteiger partial charge on any atom is 0.186 e. The summed E-state index contributed by atoms with van der Waals surface area (Å²) in [6.07, 6.45) is 3.42. The number of carbonyl (C=O) groups excluding carboxylic acids is 1. The molecule has 0 N–H and O–H groups in total. The number of nitrogens with zero attached hydrogens (tertiary/aromatic N) is 1. The summed E-state index contributed by atoms with van der Waals surface area (Å²) < 4.78 is 0. The molecule has 3 nitrogen and oxygen atoms in total. The molecule has 4 heteroatoms. The van der Waals surface area contributed by atoms with Crippen molar-refractivity contribution in [2.24, 2.45) is 5.16 Å². The van der Waals surface area contributed by atoms with Crippen molar-refractivity contribution in [2.75, 3.05) is 0 Å². The van der Waals surface area contributed by atoms with Crippen molar-refractivity contribution < 1.29 is 9.63 Å². The van der Waals surface area contributed by atoms with Gasteiger partial charge in [-0.2, -0.15) is 0 Å². The van der Waals surface area contributed by atoms with Gasteiger partial charge in [0.15, 0.2) is 11.5 Å². The van der Waals surface area contributed by atoms with Gasteiger partial charge in [0.25, 0.3) is 0 Å². The number of thiophene rings is 1. The summed E-state index contributed by atoms with van der Waals surface area (Å²) in [6.45, 7) is 1.92.